The van der Waals surface area contributed by atoms with Gasteiger partial charge in [0.25, 0.3) is 11.8 Å². The van der Waals surface area contributed by atoms with E-state index < -0.39 is 0 Å². The molecule has 2 amide bonds. The standard InChI is InChI=1S/C38H36N6O2/c1-23-31(25-13-5-3-6-14-25)35(37(45)41-29-19-11-9-17-27(29)21-39)43-33(23)34-24(2)32(26-15-7-4-8-16-26)36(44-34)38(46)42-30-20-12-10-18-28(30)22-40/h3-20,43-44H,21-22,39-40H2,1-2H3,(H,41,45)(H,42,46). The highest BCUT2D eigenvalue weighted by atomic mass is 16.2. The highest BCUT2D eigenvalue weighted by molar-refractivity contribution is 6.11. The van der Waals surface area contributed by atoms with E-state index in [1.807, 2.05) is 123 Å². The van der Waals surface area contributed by atoms with Crippen LogP contribution in [0.1, 0.15) is 43.2 Å². The Hall–Kier alpha value is -5.70. The molecular formula is C38H36N6O2. The third-order valence-electron chi connectivity index (χ3n) is 8.30. The second-order valence-corrected chi connectivity index (χ2v) is 11.1. The molecule has 0 atom stereocenters. The summed E-state index contributed by atoms with van der Waals surface area (Å²) < 4.78 is 0. The van der Waals surface area contributed by atoms with Gasteiger partial charge in [-0.05, 0) is 59.4 Å². The van der Waals surface area contributed by atoms with Gasteiger partial charge in [-0.1, -0.05) is 97.1 Å². The lowest BCUT2D eigenvalue weighted by Crippen LogP contribution is -2.16. The van der Waals surface area contributed by atoms with Crippen molar-refractivity contribution in [3.63, 3.8) is 0 Å². The number of anilines is 2. The SMILES string of the molecule is Cc1c(-c2[nH]c(C(=O)Nc3ccccc3CN)c(-c3ccccc3)c2C)[nH]c(C(=O)Nc2ccccc2CN)c1-c1ccccc1. The van der Waals surface area contributed by atoms with Gasteiger partial charge in [0.05, 0.1) is 11.4 Å². The third-order valence-corrected chi connectivity index (χ3v) is 8.30. The minimum Gasteiger partial charge on any atom is -0.349 e. The normalized spacial score (nSPS) is 11.0. The van der Waals surface area contributed by atoms with Crippen molar-refractivity contribution in [3.05, 3.63) is 143 Å². The fourth-order valence-electron chi connectivity index (χ4n) is 5.97. The van der Waals surface area contributed by atoms with Crippen molar-refractivity contribution in [1.82, 2.24) is 9.97 Å². The molecule has 2 heterocycles. The Balaban J connectivity index is 1.50. The molecule has 8 nitrogen and oxygen atoms in total. The summed E-state index contributed by atoms with van der Waals surface area (Å²) in [6.45, 7) is 4.56. The molecule has 0 aliphatic carbocycles. The van der Waals surface area contributed by atoms with Gasteiger partial charge in [0.15, 0.2) is 0 Å². The summed E-state index contributed by atoms with van der Waals surface area (Å²) in [6.07, 6.45) is 0. The molecule has 46 heavy (non-hydrogen) atoms. The summed E-state index contributed by atoms with van der Waals surface area (Å²) in [6, 6.07) is 34.6. The molecule has 4 aromatic carbocycles. The van der Waals surface area contributed by atoms with Gasteiger partial charge in [0.2, 0.25) is 0 Å². The Labute approximate surface area is 267 Å². The molecule has 6 rings (SSSR count). The maximum absolute atomic E-state index is 14.0. The Morgan fingerprint density at radius 2 is 0.891 bits per heavy atom. The molecule has 0 unspecified atom stereocenters. The lowest BCUT2D eigenvalue weighted by Gasteiger charge is -2.10. The van der Waals surface area contributed by atoms with E-state index in [-0.39, 0.29) is 11.8 Å². The molecular weight excluding hydrogens is 572 g/mol. The number of nitrogens with two attached hydrogens (primary N) is 2. The lowest BCUT2D eigenvalue weighted by atomic mass is 9.97. The molecule has 0 aliphatic rings. The highest BCUT2D eigenvalue weighted by Crippen LogP contribution is 2.40. The van der Waals surface area contributed by atoms with Gasteiger partial charge in [0.1, 0.15) is 11.4 Å². The van der Waals surface area contributed by atoms with Gasteiger partial charge in [-0.15, -0.1) is 0 Å². The average molecular weight is 609 g/mol. The van der Waals surface area contributed by atoms with Crippen LogP contribution in [0.2, 0.25) is 0 Å². The maximum Gasteiger partial charge on any atom is 0.272 e. The summed E-state index contributed by atoms with van der Waals surface area (Å²) in [5, 5.41) is 6.12. The number of para-hydroxylation sites is 2. The minimum absolute atomic E-state index is 0.293. The van der Waals surface area contributed by atoms with Gasteiger partial charge < -0.3 is 32.1 Å². The second kappa shape index (κ2) is 13.1. The molecule has 2 aromatic heterocycles. The highest BCUT2D eigenvalue weighted by Gasteiger charge is 2.28. The molecule has 0 fully saturated rings. The molecule has 0 aliphatic heterocycles. The molecule has 0 spiro atoms. The number of carbonyl (C=O) groups excluding carboxylic acids is 2. The largest absolute Gasteiger partial charge is 0.349 e. The van der Waals surface area contributed by atoms with Gasteiger partial charge >= 0.3 is 0 Å². The van der Waals surface area contributed by atoms with Crippen LogP contribution in [0.4, 0.5) is 11.4 Å². The van der Waals surface area contributed by atoms with E-state index in [4.69, 9.17) is 11.5 Å². The summed E-state index contributed by atoms with van der Waals surface area (Å²) >= 11 is 0. The number of aromatic amines is 2. The first-order valence-corrected chi connectivity index (χ1v) is 15.2. The first-order chi connectivity index (χ1) is 22.4. The zero-order valence-corrected chi connectivity index (χ0v) is 25.8. The third kappa shape index (κ3) is 5.75. The van der Waals surface area contributed by atoms with Gasteiger partial charge in [0, 0.05) is 35.6 Å². The first-order valence-electron chi connectivity index (χ1n) is 15.2. The van der Waals surface area contributed by atoms with Crippen molar-refractivity contribution < 1.29 is 9.59 Å². The monoisotopic (exact) mass is 608 g/mol. The van der Waals surface area contributed by atoms with Crippen molar-refractivity contribution in [2.45, 2.75) is 26.9 Å². The molecule has 230 valence electrons. The van der Waals surface area contributed by atoms with E-state index in [0.29, 0.717) is 47.2 Å². The predicted molar refractivity (Wildman–Crippen MR) is 185 cm³/mol. The Bertz CT molecular complexity index is 1880. The maximum atomic E-state index is 14.0. The smallest absolute Gasteiger partial charge is 0.272 e. The van der Waals surface area contributed by atoms with Crippen molar-refractivity contribution in [3.8, 4) is 33.6 Å². The summed E-state index contributed by atoms with van der Waals surface area (Å²) in [4.78, 5) is 34.8. The number of hydrogen-bond donors (Lipinski definition) is 6. The van der Waals surface area contributed by atoms with Crippen molar-refractivity contribution in [2.24, 2.45) is 11.5 Å². The number of aromatic nitrogens is 2. The van der Waals surface area contributed by atoms with Gasteiger partial charge in [-0.3, -0.25) is 9.59 Å². The van der Waals surface area contributed by atoms with Gasteiger partial charge in [-0.25, -0.2) is 0 Å². The Morgan fingerprint density at radius 3 is 1.26 bits per heavy atom. The number of nitrogens with one attached hydrogen (secondary N) is 4. The minimum atomic E-state index is -0.294. The van der Waals surface area contributed by atoms with Crippen molar-refractivity contribution >= 4 is 23.2 Å². The Morgan fingerprint density at radius 1 is 0.543 bits per heavy atom. The number of carbonyl (C=O) groups is 2. The Kier molecular flexibility index (Phi) is 8.65. The van der Waals surface area contributed by atoms with E-state index in [2.05, 4.69) is 20.6 Å². The van der Waals surface area contributed by atoms with Crippen LogP contribution in [-0.4, -0.2) is 21.8 Å². The fourth-order valence-corrected chi connectivity index (χ4v) is 5.97. The number of amides is 2. The van der Waals surface area contributed by atoms with Crippen LogP contribution in [-0.2, 0) is 13.1 Å². The molecule has 0 saturated carbocycles. The molecule has 0 radical (unpaired) electrons. The van der Waals surface area contributed by atoms with Crippen LogP contribution in [0.25, 0.3) is 33.6 Å². The van der Waals surface area contributed by atoms with Crippen LogP contribution >= 0.6 is 0 Å². The zero-order chi connectivity index (χ0) is 32.2. The van der Waals surface area contributed by atoms with E-state index in [9.17, 15) is 9.59 Å². The van der Waals surface area contributed by atoms with Crippen LogP contribution in [0.3, 0.4) is 0 Å². The van der Waals surface area contributed by atoms with E-state index in [0.717, 1.165) is 44.5 Å². The number of H-pyrrole nitrogens is 2. The van der Waals surface area contributed by atoms with Crippen molar-refractivity contribution in [2.75, 3.05) is 10.6 Å². The quantitative estimate of drug-likeness (QED) is 0.102. The average Bonchev–Trinajstić information content (AvgIpc) is 3.62. The molecule has 6 aromatic rings. The molecule has 0 bridgehead atoms. The molecule has 0 saturated heterocycles. The topological polar surface area (TPSA) is 142 Å². The molecule has 8 N–H and O–H groups in total. The zero-order valence-electron chi connectivity index (χ0n) is 25.8. The van der Waals surface area contributed by atoms with Crippen LogP contribution < -0.4 is 22.1 Å². The number of rotatable bonds is 9. The van der Waals surface area contributed by atoms with E-state index >= 15 is 0 Å². The molecule has 8 heteroatoms. The van der Waals surface area contributed by atoms with Crippen LogP contribution in [0, 0.1) is 13.8 Å². The second-order valence-electron chi connectivity index (χ2n) is 11.1. The lowest BCUT2D eigenvalue weighted by molar-refractivity contribution is 0.101. The number of hydrogen-bond acceptors (Lipinski definition) is 4. The van der Waals surface area contributed by atoms with E-state index in [1.165, 1.54) is 0 Å². The van der Waals surface area contributed by atoms with Crippen LogP contribution in [0.15, 0.2) is 109 Å². The van der Waals surface area contributed by atoms with Gasteiger partial charge in [-0.2, -0.15) is 0 Å². The summed E-state index contributed by atoms with van der Waals surface area (Å²) in [5.41, 5.74) is 22.2. The predicted octanol–water partition coefficient (Wildman–Crippen LogP) is 7.38. The first kappa shape index (κ1) is 30.3. The number of benzene rings is 4. The van der Waals surface area contributed by atoms with Crippen molar-refractivity contribution in [1.29, 1.82) is 0 Å². The van der Waals surface area contributed by atoms with E-state index in [1.54, 1.807) is 0 Å². The van der Waals surface area contributed by atoms with Crippen LogP contribution in [0.5, 0.6) is 0 Å². The fraction of sp³-hybridized carbons (Fsp3) is 0.105. The summed E-state index contributed by atoms with van der Waals surface area (Å²) in [7, 11) is 0. The summed E-state index contributed by atoms with van der Waals surface area (Å²) in [5.74, 6) is -0.587.